The van der Waals surface area contributed by atoms with E-state index in [9.17, 15) is 18.0 Å². The second-order valence-electron chi connectivity index (χ2n) is 5.21. The largest absolute Gasteiger partial charge is 0.433 e. The molecular formula is C13H12F3N9O2. The number of hydroxylamine groups is 1. The van der Waals surface area contributed by atoms with Gasteiger partial charge in [-0.25, -0.2) is 9.67 Å². The molecule has 3 rings (SSSR count). The van der Waals surface area contributed by atoms with Crippen molar-refractivity contribution in [1.29, 1.82) is 0 Å². The van der Waals surface area contributed by atoms with Crippen LogP contribution in [0.15, 0.2) is 24.7 Å². The molecule has 0 spiro atoms. The van der Waals surface area contributed by atoms with Crippen molar-refractivity contribution >= 4 is 11.9 Å². The fourth-order valence-electron chi connectivity index (χ4n) is 1.98. The van der Waals surface area contributed by atoms with Gasteiger partial charge in [0.25, 0.3) is 11.9 Å². The number of aromatic nitrogens is 8. The Morgan fingerprint density at radius 3 is 2.52 bits per heavy atom. The van der Waals surface area contributed by atoms with Gasteiger partial charge in [0.15, 0.2) is 5.82 Å². The predicted molar refractivity (Wildman–Crippen MR) is 80.6 cm³/mol. The Hall–Kier alpha value is -3.42. The molecule has 0 aliphatic rings. The van der Waals surface area contributed by atoms with Crippen molar-refractivity contribution in [2.24, 2.45) is 14.1 Å². The highest BCUT2D eigenvalue weighted by atomic mass is 19.4. The van der Waals surface area contributed by atoms with E-state index in [1.807, 2.05) is 0 Å². The lowest BCUT2D eigenvalue weighted by molar-refractivity contribution is -0.141. The number of rotatable bonds is 5. The van der Waals surface area contributed by atoms with Crippen LogP contribution in [0.5, 0.6) is 0 Å². The number of aryl methyl sites for hydroxylation is 2. The molecule has 0 aliphatic heterocycles. The second kappa shape index (κ2) is 7.06. The molecule has 0 N–H and O–H groups in total. The summed E-state index contributed by atoms with van der Waals surface area (Å²) in [5, 5.41) is 15.3. The smallest absolute Gasteiger partial charge is 0.266 e. The third-order valence-corrected chi connectivity index (χ3v) is 3.39. The number of alkyl halides is 3. The molecule has 11 nitrogen and oxygen atoms in total. The van der Waals surface area contributed by atoms with Crippen molar-refractivity contribution in [2.75, 3.05) is 5.06 Å². The van der Waals surface area contributed by atoms with Gasteiger partial charge >= 0.3 is 6.18 Å². The molecule has 3 heterocycles. The van der Waals surface area contributed by atoms with E-state index < -0.39 is 17.8 Å². The first-order valence-corrected chi connectivity index (χ1v) is 7.33. The SMILES string of the molecule is Cn1ncnc1CON(C(=O)c1ccc(C(F)(F)F)nc1)c1nnnn1C. The van der Waals surface area contributed by atoms with Crippen LogP contribution in [0.4, 0.5) is 19.1 Å². The highest BCUT2D eigenvalue weighted by Crippen LogP contribution is 2.27. The van der Waals surface area contributed by atoms with Crippen LogP contribution < -0.4 is 5.06 Å². The van der Waals surface area contributed by atoms with Gasteiger partial charge < -0.3 is 0 Å². The van der Waals surface area contributed by atoms with Crippen LogP contribution >= 0.6 is 0 Å². The quantitative estimate of drug-likeness (QED) is 0.586. The van der Waals surface area contributed by atoms with E-state index in [1.165, 1.54) is 18.1 Å². The molecule has 0 saturated carbocycles. The van der Waals surface area contributed by atoms with Crippen molar-refractivity contribution in [1.82, 2.24) is 40.0 Å². The van der Waals surface area contributed by atoms with Crippen molar-refractivity contribution in [3.63, 3.8) is 0 Å². The van der Waals surface area contributed by atoms with E-state index in [0.29, 0.717) is 11.9 Å². The number of pyridine rings is 1. The molecule has 0 unspecified atom stereocenters. The molecule has 0 atom stereocenters. The number of nitrogens with zero attached hydrogens (tertiary/aromatic N) is 9. The average molecular weight is 383 g/mol. The van der Waals surface area contributed by atoms with Gasteiger partial charge in [0.2, 0.25) is 0 Å². The lowest BCUT2D eigenvalue weighted by Gasteiger charge is -2.19. The van der Waals surface area contributed by atoms with E-state index in [-0.39, 0.29) is 18.1 Å². The van der Waals surface area contributed by atoms with Gasteiger partial charge in [-0.15, -0.1) is 5.06 Å². The molecule has 27 heavy (non-hydrogen) atoms. The summed E-state index contributed by atoms with van der Waals surface area (Å²) in [6.45, 7) is -0.164. The van der Waals surface area contributed by atoms with Gasteiger partial charge in [-0.2, -0.15) is 18.3 Å². The number of halogens is 3. The summed E-state index contributed by atoms with van der Waals surface area (Å²) in [5.74, 6) is -0.494. The molecule has 0 aromatic carbocycles. The van der Waals surface area contributed by atoms with E-state index in [4.69, 9.17) is 4.84 Å². The molecule has 142 valence electrons. The van der Waals surface area contributed by atoms with E-state index >= 15 is 0 Å². The Labute approximate surface area is 149 Å². The molecule has 3 aromatic rings. The third kappa shape index (κ3) is 3.89. The summed E-state index contributed by atoms with van der Waals surface area (Å²) in [4.78, 5) is 25.4. The molecule has 0 aliphatic carbocycles. The van der Waals surface area contributed by atoms with E-state index in [2.05, 4.69) is 30.6 Å². The highest BCUT2D eigenvalue weighted by molar-refractivity contribution is 6.03. The molecule has 3 aromatic heterocycles. The van der Waals surface area contributed by atoms with Crippen LogP contribution in [0.2, 0.25) is 0 Å². The number of hydrogen-bond acceptors (Lipinski definition) is 8. The van der Waals surface area contributed by atoms with Crippen LogP contribution in [-0.2, 0) is 31.7 Å². The molecule has 1 amide bonds. The average Bonchev–Trinajstić information content (AvgIpc) is 3.23. The molecule has 0 bridgehead atoms. The lowest BCUT2D eigenvalue weighted by atomic mass is 10.2. The van der Waals surface area contributed by atoms with Crippen LogP contribution in [-0.4, -0.2) is 45.9 Å². The Balaban J connectivity index is 1.87. The lowest BCUT2D eigenvalue weighted by Crippen LogP contribution is -2.34. The second-order valence-corrected chi connectivity index (χ2v) is 5.21. The Kier molecular flexibility index (Phi) is 4.81. The minimum absolute atomic E-state index is 0.0814. The summed E-state index contributed by atoms with van der Waals surface area (Å²) >= 11 is 0. The maximum absolute atomic E-state index is 12.7. The van der Waals surface area contributed by atoms with Crippen molar-refractivity contribution in [2.45, 2.75) is 12.8 Å². The first-order valence-electron chi connectivity index (χ1n) is 7.33. The monoisotopic (exact) mass is 383 g/mol. The van der Waals surface area contributed by atoms with Crippen LogP contribution in [0.3, 0.4) is 0 Å². The number of anilines is 1. The number of tetrazole rings is 1. The zero-order chi connectivity index (χ0) is 19.6. The van der Waals surface area contributed by atoms with Gasteiger partial charge in [0.05, 0.1) is 5.56 Å². The van der Waals surface area contributed by atoms with Crippen LogP contribution in [0.25, 0.3) is 0 Å². The maximum Gasteiger partial charge on any atom is 0.433 e. The first kappa shape index (κ1) is 18.4. The summed E-state index contributed by atoms with van der Waals surface area (Å²) in [7, 11) is 3.09. The zero-order valence-electron chi connectivity index (χ0n) is 14.0. The Bertz CT molecular complexity index is 935. The van der Waals surface area contributed by atoms with Gasteiger partial charge in [-0.05, 0) is 22.6 Å². The fraction of sp³-hybridized carbons (Fsp3) is 0.308. The Morgan fingerprint density at radius 1 is 1.22 bits per heavy atom. The molecule has 0 radical (unpaired) electrons. The van der Waals surface area contributed by atoms with Crippen molar-refractivity contribution in [3.8, 4) is 0 Å². The molecule has 0 saturated heterocycles. The normalized spacial score (nSPS) is 11.6. The summed E-state index contributed by atoms with van der Waals surface area (Å²) < 4.78 is 40.5. The topological polar surface area (TPSA) is 117 Å². The fourth-order valence-corrected chi connectivity index (χ4v) is 1.98. The maximum atomic E-state index is 12.7. The first-order chi connectivity index (χ1) is 12.8. The number of carbonyl (C=O) groups excluding carboxylic acids is 1. The highest BCUT2D eigenvalue weighted by Gasteiger charge is 2.33. The van der Waals surface area contributed by atoms with Gasteiger partial charge in [-0.1, -0.05) is 5.10 Å². The zero-order valence-corrected chi connectivity index (χ0v) is 14.0. The number of hydrogen-bond donors (Lipinski definition) is 0. The summed E-state index contributed by atoms with van der Waals surface area (Å²) in [6.07, 6.45) is -2.52. The van der Waals surface area contributed by atoms with Gasteiger partial charge in [-0.3, -0.25) is 19.3 Å². The van der Waals surface area contributed by atoms with Crippen molar-refractivity contribution in [3.05, 3.63) is 41.7 Å². The number of carbonyl (C=O) groups is 1. The van der Waals surface area contributed by atoms with Gasteiger partial charge in [0, 0.05) is 20.3 Å². The molecule has 0 fully saturated rings. The van der Waals surface area contributed by atoms with Crippen LogP contribution in [0.1, 0.15) is 21.9 Å². The summed E-state index contributed by atoms with van der Waals surface area (Å²) in [6, 6.07) is 1.68. The molecular weight excluding hydrogens is 371 g/mol. The van der Waals surface area contributed by atoms with Crippen LogP contribution in [0, 0.1) is 0 Å². The standard InChI is InChI=1S/C13H12F3N9O2/c1-23-10(18-7-19-23)6-27-25(12-20-21-22-24(12)2)11(26)8-3-4-9(17-5-8)13(14,15)16/h3-5,7H,6H2,1-2H3. The molecule has 14 heteroatoms. The van der Waals surface area contributed by atoms with Crippen molar-refractivity contribution < 1.29 is 22.8 Å². The van der Waals surface area contributed by atoms with Gasteiger partial charge in [0.1, 0.15) is 18.6 Å². The summed E-state index contributed by atoms with van der Waals surface area (Å²) in [5.41, 5.74) is -1.27. The minimum Gasteiger partial charge on any atom is -0.266 e. The van der Waals surface area contributed by atoms with E-state index in [1.54, 1.807) is 7.05 Å². The Morgan fingerprint density at radius 2 is 2.00 bits per heavy atom. The minimum atomic E-state index is -4.61. The van der Waals surface area contributed by atoms with E-state index in [0.717, 1.165) is 22.0 Å². The number of amides is 1. The third-order valence-electron chi connectivity index (χ3n) is 3.39. The predicted octanol–water partition coefficient (Wildman–Crippen LogP) is 0.531.